The zero-order valence-electron chi connectivity index (χ0n) is 10.1. The highest BCUT2D eigenvalue weighted by molar-refractivity contribution is 5.85. The second-order valence-corrected chi connectivity index (χ2v) is 4.18. The van der Waals surface area contributed by atoms with Crippen LogP contribution in [0.2, 0.25) is 0 Å². The lowest BCUT2D eigenvalue weighted by Gasteiger charge is -2.29. The maximum Gasteiger partial charge on any atom is 0.332 e. The van der Waals surface area contributed by atoms with E-state index in [-0.39, 0.29) is 0 Å². The zero-order valence-corrected chi connectivity index (χ0v) is 10.1. The van der Waals surface area contributed by atoms with E-state index in [0.29, 0.717) is 0 Å². The number of urea groups is 1. The normalized spacial score (nSPS) is 16.0. The quantitative estimate of drug-likeness (QED) is 0.583. The van der Waals surface area contributed by atoms with Crippen LogP contribution in [0.25, 0.3) is 0 Å². The number of nitrogens with one attached hydrogen (secondary N) is 1. The van der Waals surface area contributed by atoms with Crippen LogP contribution < -0.4 is 11.2 Å². The Morgan fingerprint density at radius 1 is 1.17 bits per heavy atom. The minimum atomic E-state index is -1.19. The van der Waals surface area contributed by atoms with Gasteiger partial charge in [0.1, 0.15) is 13.1 Å². The number of hydrazine groups is 1. The van der Waals surface area contributed by atoms with Crippen molar-refractivity contribution in [3.05, 3.63) is 0 Å². The van der Waals surface area contributed by atoms with Crippen LogP contribution in [-0.4, -0.2) is 59.1 Å². The fourth-order valence-electron chi connectivity index (χ4n) is 1.76. The number of carbonyl (C=O) groups is 3. The van der Waals surface area contributed by atoms with Crippen molar-refractivity contribution in [1.82, 2.24) is 15.3 Å². The number of aliphatic carboxylic acids is 1. The van der Waals surface area contributed by atoms with Crippen molar-refractivity contribution in [2.24, 2.45) is 5.73 Å². The summed E-state index contributed by atoms with van der Waals surface area (Å²) in [5.41, 5.74) is 7.55. The molecule has 1 aliphatic heterocycles. The average molecular weight is 258 g/mol. The van der Waals surface area contributed by atoms with E-state index in [1.54, 1.807) is 5.01 Å². The van der Waals surface area contributed by atoms with Gasteiger partial charge in [0, 0.05) is 13.1 Å². The van der Waals surface area contributed by atoms with Gasteiger partial charge in [0.15, 0.2) is 0 Å². The number of carboxylic acid groups (broad SMARTS) is 1. The van der Waals surface area contributed by atoms with Gasteiger partial charge in [-0.2, -0.15) is 0 Å². The largest absolute Gasteiger partial charge is 0.480 e. The Bertz CT molecular complexity index is 312. The molecule has 0 bridgehead atoms. The highest BCUT2D eigenvalue weighted by Gasteiger charge is 2.21. The van der Waals surface area contributed by atoms with Crippen LogP contribution in [-0.2, 0) is 9.59 Å². The Balaban J connectivity index is 2.51. The van der Waals surface area contributed by atoms with E-state index in [1.807, 2.05) is 0 Å². The van der Waals surface area contributed by atoms with Crippen LogP contribution >= 0.6 is 0 Å². The summed E-state index contributed by atoms with van der Waals surface area (Å²) in [6, 6.07) is -0.613. The van der Waals surface area contributed by atoms with Crippen molar-refractivity contribution < 1.29 is 19.5 Å². The molecule has 0 aromatic rings. The summed E-state index contributed by atoms with van der Waals surface area (Å²) in [4.78, 5) is 34.0. The summed E-state index contributed by atoms with van der Waals surface area (Å²) in [5, 5.41) is 10.4. The molecule has 8 nitrogen and oxygen atoms in total. The van der Waals surface area contributed by atoms with Crippen molar-refractivity contribution in [3.63, 3.8) is 0 Å². The standard InChI is InChI=1S/C10H18N4O4/c11-8(15)6-13(7-9(16)17)10(18)12-14-4-2-1-3-5-14/h1-7H2,(H2,11,15)(H,12,18)(H,16,17). The number of hydrogen-bond acceptors (Lipinski definition) is 4. The van der Waals surface area contributed by atoms with Gasteiger partial charge in [-0.15, -0.1) is 0 Å². The van der Waals surface area contributed by atoms with Crippen LogP contribution in [0.5, 0.6) is 0 Å². The molecule has 1 fully saturated rings. The number of carbonyl (C=O) groups excluding carboxylic acids is 2. The Morgan fingerprint density at radius 3 is 2.28 bits per heavy atom. The van der Waals surface area contributed by atoms with E-state index in [0.717, 1.165) is 37.3 Å². The fraction of sp³-hybridized carbons (Fsp3) is 0.700. The minimum Gasteiger partial charge on any atom is -0.480 e. The van der Waals surface area contributed by atoms with Gasteiger partial charge in [-0.05, 0) is 12.8 Å². The summed E-state index contributed by atoms with van der Waals surface area (Å²) >= 11 is 0. The summed E-state index contributed by atoms with van der Waals surface area (Å²) in [6.07, 6.45) is 3.08. The molecule has 18 heavy (non-hydrogen) atoms. The lowest BCUT2D eigenvalue weighted by molar-refractivity contribution is -0.137. The van der Waals surface area contributed by atoms with Crippen LogP contribution in [0.1, 0.15) is 19.3 Å². The number of primary amides is 1. The Labute approximate surface area is 105 Å². The lowest BCUT2D eigenvalue weighted by Crippen LogP contribution is -2.53. The molecule has 1 rings (SSSR count). The molecule has 4 N–H and O–H groups in total. The first-order valence-electron chi connectivity index (χ1n) is 5.79. The van der Waals surface area contributed by atoms with Crippen LogP contribution in [0.15, 0.2) is 0 Å². The molecule has 1 aliphatic rings. The number of nitrogens with two attached hydrogens (primary N) is 1. The summed E-state index contributed by atoms with van der Waals surface area (Å²) in [5.74, 6) is -1.94. The van der Waals surface area contributed by atoms with E-state index < -0.39 is 31.0 Å². The second kappa shape index (κ2) is 6.80. The highest BCUT2D eigenvalue weighted by atomic mass is 16.4. The number of amides is 3. The first-order chi connectivity index (χ1) is 8.49. The molecule has 1 saturated heterocycles. The molecule has 0 aromatic carbocycles. The van der Waals surface area contributed by atoms with Crippen LogP contribution in [0, 0.1) is 0 Å². The van der Waals surface area contributed by atoms with Crippen LogP contribution in [0.4, 0.5) is 4.79 Å². The molecular weight excluding hydrogens is 240 g/mol. The SMILES string of the molecule is NC(=O)CN(CC(=O)O)C(=O)NN1CCCCC1. The Kier molecular flexibility index (Phi) is 5.37. The predicted octanol–water partition coefficient (Wildman–Crippen LogP) is -1.03. The molecule has 1 heterocycles. The third kappa shape index (κ3) is 5.00. The van der Waals surface area contributed by atoms with Gasteiger partial charge in [0.2, 0.25) is 5.91 Å². The minimum absolute atomic E-state index is 0.411. The number of rotatable bonds is 5. The molecule has 0 unspecified atom stereocenters. The molecule has 3 amide bonds. The highest BCUT2D eigenvalue weighted by Crippen LogP contribution is 2.06. The lowest BCUT2D eigenvalue weighted by atomic mass is 10.2. The van der Waals surface area contributed by atoms with Gasteiger partial charge >= 0.3 is 12.0 Å². The van der Waals surface area contributed by atoms with Crippen molar-refractivity contribution in [1.29, 1.82) is 0 Å². The number of hydrogen-bond donors (Lipinski definition) is 3. The molecule has 0 aliphatic carbocycles. The van der Waals surface area contributed by atoms with E-state index in [4.69, 9.17) is 10.8 Å². The molecule has 102 valence electrons. The monoisotopic (exact) mass is 258 g/mol. The smallest absolute Gasteiger partial charge is 0.332 e. The number of carboxylic acids is 1. The van der Waals surface area contributed by atoms with Crippen molar-refractivity contribution in [3.8, 4) is 0 Å². The van der Waals surface area contributed by atoms with Crippen molar-refractivity contribution in [2.75, 3.05) is 26.2 Å². The van der Waals surface area contributed by atoms with Gasteiger partial charge in [0.25, 0.3) is 0 Å². The first-order valence-corrected chi connectivity index (χ1v) is 5.79. The number of piperidine rings is 1. The fourth-order valence-corrected chi connectivity index (χ4v) is 1.76. The van der Waals surface area contributed by atoms with E-state index in [9.17, 15) is 14.4 Å². The third-order valence-corrected chi connectivity index (χ3v) is 2.57. The van der Waals surface area contributed by atoms with Crippen molar-refractivity contribution >= 4 is 17.9 Å². The zero-order chi connectivity index (χ0) is 13.5. The van der Waals surface area contributed by atoms with E-state index >= 15 is 0 Å². The van der Waals surface area contributed by atoms with Crippen molar-refractivity contribution in [2.45, 2.75) is 19.3 Å². The average Bonchev–Trinajstić information content (AvgIpc) is 2.28. The molecule has 0 radical (unpaired) electrons. The first kappa shape index (κ1) is 14.2. The van der Waals surface area contributed by atoms with Gasteiger partial charge in [-0.3, -0.25) is 15.0 Å². The van der Waals surface area contributed by atoms with Crippen LogP contribution in [0.3, 0.4) is 0 Å². The molecule has 8 heteroatoms. The predicted molar refractivity (Wildman–Crippen MR) is 62.4 cm³/mol. The maximum atomic E-state index is 11.8. The molecule has 0 aromatic heterocycles. The summed E-state index contributed by atoms with van der Waals surface area (Å²) in [6.45, 7) is 0.487. The maximum absolute atomic E-state index is 11.8. The molecular formula is C10H18N4O4. The summed E-state index contributed by atoms with van der Waals surface area (Å²) in [7, 11) is 0. The van der Waals surface area contributed by atoms with E-state index in [1.165, 1.54) is 0 Å². The molecule has 0 atom stereocenters. The third-order valence-electron chi connectivity index (χ3n) is 2.57. The Morgan fingerprint density at radius 2 is 1.78 bits per heavy atom. The summed E-state index contributed by atoms with van der Waals surface area (Å²) < 4.78 is 0. The number of nitrogens with zero attached hydrogens (tertiary/aromatic N) is 2. The second-order valence-electron chi connectivity index (χ2n) is 4.18. The molecule has 0 saturated carbocycles. The Hall–Kier alpha value is -1.83. The van der Waals surface area contributed by atoms with Gasteiger partial charge in [0.05, 0.1) is 0 Å². The molecule has 0 spiro atoms. The van der Waals surface area contributed by atoms with Gasteiger partial charge in [-0.1, -0.05) is 6.42 Å². The topological polar surface area (TPSA) is 116 Å². The van der Waals surface area contributed by atoms with E-state index in [2.05, 4.69) is 5.43 Å². The van der Waals surface area contributed by atoms with Gasteiger partial charge in [-0.25, -0.2) is 9.80 Å². The van der Waals surface area contributed by atoms with Gasteiger partial charge < -0.3 is 15.7 Å².